The molecule has 4 nitrogen and oxygen atoms in total. The molecule has 0 spiro atoms. The van der Waals surface area contributed by atoms with E-state index < -0.39 is 0 Å². The minimum Gasteiger partial charge on any atom is -0.290 e. The molecule has 1 aliphatic heterocycles. The fourth-order valence-electron chi connectivity index (χ4n) is 2.58. The van der Waals surface area contributed by atoms with Gasteiger partial charge in [-0.1, -0.05) is 19.0 Å². The van der Waals surface area contributed by atoms with Crippen LogP contribution in [0.15, 0.2) is 35.3 Å². The molecule has 0 unspecified atom stereocenters. The molecule has 3 aromatic rings. The van der Waals surface area contributed by atoms with Crippen molar-refractivity contribution in [3.8, 4) is 0 Å². The van der Waals surface area contributed by atoms with E-state index in [9.17, 15) is 0 Å². The minimum atomic E-state index is 0.838. The van der Waals surface area contributed by atoms with E-state index in [4.69, 9.17) is 9.97 Å². The summed E-state index contributed by atoms with van der Waals surface area (Å²) < 4.78 is 2.16. The molecule has 1 aromatic carbocycles. The van der Waals surface area contributed by atoms with Gasteiger partial charge >= 0.3 is 0 Å². The molecule has 2 aromatic heterocycles. The van der Waals surface area contributed by atoms with Crippen molar-refractivity contribution < 1.29 is 0 Å². The van der Waals surface area contributed by atoms with Crippen LogP contribution in [0.4, 0.5) is 0 Å². The van der Waals surface area contributed by atoms with Gasteiger partial charge in [0.1, 0.15) is 11.0 Å². The average molecular weight is 258 g/mol. The number of imidazole rings is 1. The maximum atomic E-state index is 4.73. The molecule has 4 rings (SSSR count). The number of allylic oxidation sites excluding steroid dienone is 1. The van der Waals surface area contributed by atoms with Crippen LogP contribution in [0.5, 0.6) is 0 Å². The van der Waals surface area contributed by atoms with E-state index in [1.54, 1.807) is 6.20 Å². The summed E-state index contributed by atoms with van der Waals surface area (Å²) in [5.41, 5.74) is 3.99. The van der Waals surface area contributed by atoms with Crippen molar-refractivity contribution in [2.75, 3.05) is 0 Å². The van der Waals surface area contributed by atoms with Gasteiger partial charge < -0.3 is 0 Å². The van der Waals surface area contributed by atoms with Crippen LogP contribution in [0.1, 0.15) is 0 Å². The van der Waals surface area contributed by atoms with Gasteiger partial charge in [-0.2, -0.15) is 0 Å². The largest absolute Gasteiger partial charge is 0.290 e. The SMILES string of the molecule is CBc1nc2c(n3c1nc1ccccc13)=CC=C=NC=2. The zero-order chi connectivity index (χ0) is 13.5. The highest BCUT2D eigenvalue weighted by molar-refractivity contribution is 6.53. The number of rotatable bonds is 1. The first-order valence-electron chi connectivity index (χ1n) is 6.63. The summed E-state index contributed by atoms with van der Waals surface area (Å²) in [7, 11) is 0.838. The fourth-order valence-corrected chi connectivity index (χ4v) is 2.58. The number of hydrogen-bond donors (Lipinski definition) is 0. The minimum absolute atomic E-state index is 0.838. The topological polar surface area (TPSA) is 42.5 Å². The van der Waals surface area contributed by atoms with Gasteiger partial charge in [0, 0.05) is 11.7 Å². The van der Waals surface area contributed by atoms with Crippen molar-refractivity contribution in [2.45, 2.75) is 6.82 Å². The monoisotopic (exact) mass is 258 g/mol. The summed E-state index contributed by atoms with van der Waals surface area (Å²) in [4.78, 5) is 13.5. The average Bonchev–Trinajstić information content (AvgIpc) is 2.71. The lowest BCUT2D eigenvalue weighted by molar-refractivity contribution is 1.08. The molecule has 0 bridgehead atoms. The predicted octanol–water partition coefficient (Wildman–Crippen LogP) is -0.250. The zero-order valence-corrected chi connectivity index (χ0v) is 11.0. The van der Waals surface area contributed by atoms with Crippen molar-refractivity contribution in [2.24, 2.45) is 4.99 Å². The van der Waals surface area contributed by atoms with E-state index in [1.807, 2.05) is 30.4 Å². The van der Waals surface area contributed by atoms with Crippen LogP contribution in [0.25, 0.3) is 29.0 Å². The van der Waals surface area contributed by atoms with Crippen LogP contribution in [-0.4, -0.2) is 27.5 Å². The van der Waals surface area contributed by atoms with Crippen molar-refractivity contribution in [3.63, 3.8) is 0 Å². The van der Waals surface area contributed by atoms with Crippen LogP contribution in [0, 0.1) is 0 Å². The van der Waals surface area contributed by atoms with Crippen molar-refractivity contribution in [1.29, 1.82) is 0 Å². The molecular formula is C15H11BN4. The summed E-state index contributed by atoms with van der Waals surface area (Å²) in [6, 6.07) is 8.15. The van der Waals surface area contributed by atoms with Gasteiger partial charge in [-0.05, 0) is 24.1 Å². The second kappa shape index (κ2) is 4.18. The maximum absolute atomic E-state index is 4.73. The lowest BCUT2D eigenvalue weighted by Crippen LogP contribution is -2.41. The Balaban J connectivity index is 2.37. The zero-order valence-electron chi connectivity index (χ0n) is 11.0. The van der Waals surface area contributed by atoms with Crippen molar-refractivity contribution in [1.82, 2.24) is 14.4 Å². The summed E-state index contributed by atoms with van der Waals surface area (Å²) in [5, 5.41) is 1.86. The van der Waals surface area contributed by atoms with Gasteiger partial charge in [0.15, 0.2) is 7.28 Å². The van der Waals surface area contributed by atoms with E-state index in [0.717, 1.165) is 40.3 Å². The smallest absolute Gasteiger partial charge is 0.184 e. The highest BCUT2D eigenvalue weighted by atomic mass is 15.0. The van der Waals surface area contributed by atoms with Gasteiger partial charge in [-0.15, -0.1) is 0 Å². The molecule has 1 aliphatic rings. The normalized spacial score (nSPS) is 12.8. The number of nitrogens with zero attached hydrogens (tertiary/aromatic N) is 4. The lowest BCUT2D eigenvalue weighted by atomic mass is 9.78. The first-order chi connectivity index (χ1) is 9.88. The Morgan fingerprint density at radius 2 is 2.10 bits per heavy atom. The van der Waals surface area contributed by atoms with Gasteiger partial charge in [0.25, 0.3) is 0 Å². The molecule has 20 heavy (non-hydrogen) atoms. The van der Waals surface area contributed by atoms with Crippen LogP contribution >= 0.6 is 0 Å². The molecule has 3 heterocycles. The van der Waals surface area contributed by atoms with Gasteiger partial charge in [-0.3, -0.25) is 9.38 Å². The second-order valence-electron chi connectivity index (χ2n) is 4.66. The third-order valence-electron chi connectivity index (χ3n) is 3.49. The molecular weight excluding hydrogens is 247 g/mol. The van der Waals surface area contributed by atoms with Crippen LogP contribution in [0.2, 0.25) is 6.82 Å². The summed E-state index contributed by atoms with van der Waals surface area (Å²) >= 11 is 0. The Morgan fingerprint density at radius 1 is 1.20 bits per heavy atom. The number of hydrogen-bond acceptors (Lipinski definition) is 3. The van der Waals surface area contributed by atoms with Crippen LogP contribution < -0.4 is 16.3 Å². The standard InChI is InChI=1S/C15H11BN4/c1-16-14-15-19-10-5-2-3-6-12(10)20(15)13-7-4-8-17-9-11(13)18-14/h2-7,9,16H,1H3. The Kier molecular flexibility index (Phi) is 2.34. The molecule has 0 aliphatic carbocycles. The number of aromatic nitrogens is 3. The number of aliphatic imine (C=N–C) groups is 1. The third-order valence-corrected chi connectivity index (χ3v) is 3.49. The van der Waals surface area contributed by atoms with E-state index in [0.29, 0.717) is 0 Å². The van der Waals surface area contributed by atoms with Crippen molar-refractivity contribution in [3.05, 3.63) is 41.0 Å². The number of fused-ring (bicyclic) bond motifs is 5. The molecule has 0 amide bonds. The number of benzene rings is 1. The Bertz CT molecular complexity index is 1020. The van der Waals surface area contributed by atoms with E-state index >= 15 is 0 Å². The molecule has 0 N–H and O–H groups in total. The number of para-hydroxylation sites is 2. The lowest BCUT2D eigenvalue weighted by Gasteiger charge is -2.02. The summed E-state index contributed by atoms with van der Waals surface area (Å²) in [6.07, 6.45) is 5.54. The third kappa shape index (κ3) is 1.47. The van der Waals surface area contributed by atoms with E-state index in [-0.39, 0.29) is 0 Å². The van der Waals surface area contributed by atoms with Crippen LogP contribution in [-0.2, 0) is 0 Å². The fraction of sp³-hybridized carbons (Fsp3) is 0.0667. The van der Waals surface area contributed by atoms with Gasteiger partial charge in [-0.25, -0.2) is 9.98 Å². The Labute approximate surface area is 115 Å². The van der Waals surface area contributed by atoms with Gasteiger partial charge in [0.05, 0.1) is 22.6 Å². The Hall–Kier alpha value is -2.65. The second-order valence-corrected chi connectivity index (χ2v) is 4.66. The summed E-state index contributed by atoms with van der Waals surface area (Å²) in [5.74, 6) is 2.85. The molecule has 5 heteroatoms. The van der Waals surface area contributed by atoms with Crippen molar-refractivity contribution >= 4 is 47.7 Å². The highest BCUT2D eigenvalue weighted by Crippen LogP contribution is 2.12. The molecule has 0 atom stereocenters. The highest BCUT2D eigenvalue weighted by Gasteiger charge is 2.11. The predicted molar refractivity (Wildman–Crippen MR) is 83.3 cm³/mol. The first kappa shape index (κ1) is 11.2. The van der Waals surface area contributed by atoms with Gasteiger partial charge in [0.2, 0.25) is 0 Å². The molecule has 94 valence electrons. The maximum Gasteiger partial charge on any atom is 0.184 e. The van der Waals surface area contributed by atoms with Crippen LogP contribution in [0.3, 0.4) is 0 Å². The van der Waals surface area contributed by atoms with E-state index in [1.165, 1.54) is 0 Å². The quantitative estimate of drug-likeness (QED) is 0.565. The van der Waals surface area contributed by atoms with E-state index in [2.05, 4.69) is 28.2 Å². The molecule has 0 saturated heterocycles. The molecule has 0 radical (unpaired) electrons. The molecule has 0 fully saturated rings. The Morgan fingerprint density at radius 3 is 3.00 bits per heavy atom. The first-order valence-corrected chi connectivity index (χ1v) is 6.63. The summed E-state index contributed by atoms with van der Waals surface area (Å²) in [6.45, 7) is 2.09. The molecule has 0 saturated carbocycles.